The minimum absolute atomic E-state index is 0.157. The SMILES string of the molecule is COc1ccc(NC(=O)CSc2nnc([C@@H](C)NC(=O)c3ccccc3Br)n2C)cc1. The first-order chi connectivity index (χ1) is 14.9. The summed E-state index contributed by atoms with van der Waals surface area (Å²) in [6.07, 6.45) is 0. The van der Waals surface area contributed by atoms with Crippen molar-refractivity contribution in [1.29, 1.82) is 0 Å². The lowest BCUT2D eigenvalue weighted by atomic mass is 10.2. The summed E-state index contributed by atoms with van der Waals surface area (Å²) in [5, 5.41) is 14.7. The van der Waals surface area contributed by atoms with Crippen LogP contribution in [0.3, 0.4) is 0 Å². The molecule has 0 fully saturated rings. The molecule has 0 aliphatic heterocycles. The van der Waals surface area contributed by atoms with Crippen LogP contribution >= 0.6 is 27.7 Å². The highest BCUT2D eigenvalue weighted by Crippen LogP contribution is 2.21. The maximum Gasteiger partial charge on any atom is 0.253 e. The van der Waals surface area contributed by atoms with Gasteiger partial charge < -0.3 is 19.9 Å². The number of carbonyl (C=O) groups excluding carboxylic acids is 2. The Morgan fingerprint density at radius 2 is 1.87 bits per heavy atom. The molecule has 162 valence electrons. The average molecular weight is 504 g/mol. The number of carbonyl (C=O) groups is 2. The fourth-order valence-corrected chi connectivity index (χ4v) is 4.00. The number of nitrogens with one attached hydrogen (secondary N) is 2. The summed E-state index contributed by atoms with van der Waals surface area (Å²) in [5.41, 5.74) is 1.23. The Morgan fingerprint density at radius 1 is 1.16 bits per heavy atom. The van der Waals surface area contributed by atoms with Crippen molar-refractivity contribution in [1.82, 2.24) is 20.1 Å². The largest absolute Gasteiger partial charge is 0.497 e. The molecule has 0 saturated heterocycles. The van der Waals surface area contributed by atoms with Crippen LogP contribution in [0.1, 0.15) is 29.1 Å². The van der Waals surface area contributed by atoms with E-state index in [9.17, 15) is 9.59 Å². The second-order valence-corrected chi connectivity index (χ2v) is 8.44. The highest BCUT2D eigenvalue weighted by atomic mass is 79.9. The second-order valence-electron chi connectivity index (χ2n) is 6.64. The predicted octanol–water partition coefficient (Wildman–Crippen LogP) is 3.81. The van der Waals surface area contributed by atoms with Gasteiger partial charge in [-0.15, -0.1) is 10.2 Å². The molecule has 31 heavy (non-hydrogen) atoms. The maximum absolute atomic E-state index is 12.5. The van der Waals surface area contributed by atoms with E-state index >= 15 is 0 Å². The van der Waals surface area contributed by atoms with Gasteiger partial charge in [-0.2, -0.15) is 0 Å². The first-order valence-corrected chi connectivity index (χ1v) is 11.2. The Kier molecular flexibility index (Phi) is 7.69. The number of anilines is 1. The van der Waals surface area contributed by atoms with E-state index in [1.165, 1.54) is 11.8 Å². The number of halogens is 1. The summed E-state index contributed by atoms with van der Waals surface area (Å²) < 4.78 is 7.60. The van der Waals surface area contributed by atoms with Crippen molar-refractivity contribution in [3.05, 3.63) is 64.4 Å². The smallest absolute Gasteiger partial charge is 0.253 e. The number of hydrogen-bond acceptors (Lipinski definition) is 6. The zero-order valence-corrected chi connectivity index (χ0v) is 19.7. The first kappa shape index (κ1) is 22.8. The van der Waals surface area contributed by atoms with Crippen molar-refractivity contribution in [2.45, 2.75) is 18.1 Å². The molecule has 10 heteroatoms. The van der Waals surface area contributed by atoms with Gasteiger partial charge in [0.1, 0.15) is 5.75 Å². The van der Waals surface area contributed by atoms with Crippen LogP contribution in [0.4, 0.5) is 5.69 Å². The Morgan fingerprint density at radius 3 is 2.55 bits per heavy atom. The summed E-state index contributed by atoms with van der Waals surface area (Å²) in [7, 11) is 3.40. The highest BCUT2D eigenvalue weighted by Gasteiger charge is 2.20. The molecule has 0 bridgehead atoms. The molecule has 0 radical (unpaired) electrons. The van der Waals surface area contributed by atoms with E-state index in [-0.39, 0.29) is 23.6 Å². The Balaban J connectivity index is 1.57. The Bertz CT molecular complexity index is 1070. The van der Waals surface area contributed by atoms with Crippen molar-refractivity contribution in [3.8, 4) is 5.75 Å². The summed E-state index contributed by atoms with van der Waals surface area (Å²) in [4.78, 5) is 24.8. The van der Waals surface area contributed by atoms with Gasteiger partial charge >= 0.3 is 0 Å². The molecule has 0 spiro atoms. The number of thioether (sulfide) groups is 1. The molecule has 3 aromatic rings. The van der Waals surface area contributed by atoms with Crippen LogP contribution in [0.2, 0.25) is 0 Å². The van der Waals surface area contributed by atoms with Gasteiger partial charge in [-0.05, 0) is 59.3 Å². The van der Waals surface area contributed by atoms with E-state index in [0.29, 0.717) is 22.2 Å². The van der Waals surface area contributed by atoms with Crippen LogP contribution < -0.4 is 15.4 Å². The summed E-state index contributed by atoms with van der Waals surface area (Å²) in [6, 6.07) is 14.0. The molecule has 2 N–H and O–H groups in total. The summed E-state index contributed by atoms with van der Waals surface area (Å²) >= 11 is 4.66. The van der Waals surface area contributed by atoms with Gasteiger partial charge in [-0.1, -0.05) is 23.9 Å². The number of rotatable bonds is 8. The van der Waals surface area contributed by atoms with Crippen LogP contribution in [0, 0.1) is 0 Å². The fraction of sp³-hybridized carbons (Fsp3) is 0.238. The quantitative estimate of drug-likeness (QED) is 0.453. The molecule has 2 aromatic carbocycles. The molecule has 0 aliphatic rings. The third-order valence-corrected chi connectivity index (χ3v) is 6.14. The third kappa shape index (κ3) is 5.86. The van der Waals surface area contributed by atoms with E-state index in [2.05, 4.69) is 36.8 Å². The lowest BCUT2D eigenvalue weighted by molar-refractivity contribution is -0.113. The normalized spacial score (nSPS) is 11.6. The second kappa shape index (κ2) is 10.5. The van der Waals surface area contributed by atoms with Gasteiger partial charge in [-0.3, -0.25) is 9.59 Å². The molecule has 1 atom stereocenters. The van der Waals surface area contributed by atoms with E-state index in [0.717, 1.165) is 10.2 Å². The molecule has 0 unspecified atom stereocenters. The van der Waals surface area contributed by atoms with Gasteiger partial charge in [-0.25, -0.2) is 0 Å². The molecule has 1 heterocycles. The summed E-state index contributed by atoms with van der Waals surface area (Å²) in [6.45, 7) is 1.84. The molecule has 0 aliphatic carbocycles. The van der Waals surface area contributed by atoms with E-state index in [1.54, 1.807) is 55.1 Å². The lowest BCUT2D eigenvalue weighted by Crippen LogP contribution is -2.28. The molecular formula is C21H22BrN5O3S. The molecule has 2 amide bonds. The monoisotopic (exact) mass is 503 g/mol. The van der Waals surface area contributed by atoms with Crippen molar-refractivity contribution in [2.75, 3.05) is 18.2 Å². The van der Waals surface area contributed by atoms with Gasteiger partial charge in [0.05, 0.1) is 24.5 Å². The third-order valence-electron chi connectivity index (χ3n) is 4.43. The zero-order valence-electron chi connectivity index (χ0n) is 17.3. The Hall–Kier alpha value is -2.85. The average Bonchev–Trinajstić information content (AvgIpc) is 3.13. The number of nitrogens with zero attached hydrogens (tertiary/aromatic N) is 3. The number of aromatic nitrogens is 3. The van der Waals surface area contributed by atoms with Crippen LogP contribution in [-0.4, -0.2) is 39.4 Å². The number of hydrogen-bond donors (Lipinski definition) is 2. The van der Waals surface area contributed by atoms with Crippen molar-refractivity contribution >= 4 is 45.2 Å². The molecular weight excluding hydrogens is 482 g/mol. The van der Waals surface area contributed by atoms with Crippen molar-refractivity contribution < 1.29 is 14.3 Å². The van der Waals surface area contributed by atoms with Crippen LogP contribution in [0.5, 0.6) is 5.75 Å². The van der Waals surface area contributed by atoms with E-state index < -0.39 is 0 Å². The summed E-state index contributed by atoms with van der Waals surface area (Å²) in [5.74, 6) is 1.12. The van der Waals surface area contributed by atoms with Gasteiger partial charge in [0.2, 0.25) is 5.91 Å². The first-order valence-electron chi connectivity index (χ1n) is 9.40. The van der Waals surface area contributed by atoms with E-state index in [1.807, 2.05) is 19.1 Å². The van der Waals surface area contributed by atoms with Gasteiger partial charge in [0, 0.05) is 17.2 Å². The van der Waals surface area contributed by atoms with E-state index in [4.69, 9.17) is 4.74 Å². The number of amides is 2. The molecule has 1 aromatic heterocycles. The predicted molar refractivity (Wildman–Crippen MR) is 123 cm³/mol. The standard InChI is InChI=1S/C21H22BrN5O3S/c1-13(23-20(29)16-6-4-5-7-17(16)22)19-25-26-21(27(19)2)31-12-18(28)24-14-8-10-15(30-3)11-9-14/h4-11,13H,12H2,1-3H3,(H,23,29)(H,24,28)/t13-/m1/s1. The lowest BCUT2D eigenvalue weighted by Gasteiger charge is -2.14. The minimum Gasteiger partial charge on any atom is -0.497 e. The zero-order chi connectivity index (χ0) is 22.4. The maximum atomic E-state index is 12.5. The van der Waals surface area contributed by atoms with Crippen molar-refractivity contribution in [2.24, 2.45) is 7.05 Å². The van der Waals surface area contributed by atoms with Crippen LogP contribution in [0.15, 0.2) is 58.2 Å². The number of ether oxygens (including phenoxy) is 1. The van der Waals surface area contributed by atoms with Crippen LogP contribution in [0.25, 0.3) is 0 Å². The van der Waals surface area contributed by atoms with Gasteiger partial charge in [0.25, 0.3) is 5.91 Å². The van der Waals surface area contributed by atoms with Crippen LogP contribution in [-0.2, 0) is 11.8 Å². The topological polar surface area (TPSA) is 98.1 Å². The fourth-order valence-electron chi connectivity index (χ4n) is 2.81. The molecule has 3 rings (SSSR count). The highest BCUT2D eigenvalue weighted by molar-refractivity contribution is 9.10. The Labute approximate surface area is 192 Å². The molecule has 0 saturated carbocycles. The van der Waals surface area contributed by atoms with Gasteiger partial charge in [0.15, 0.2) is 11.0 Å². The number of benzene rings is 2. The van der Waals surface area contributed by atoms with Crippen molar-refractivity contribution in [3.63, 3.8) is 0 Å². The molecule has 8 nitrogen and oxygen atoms in total. The number of methoxy groups -OCH3 is 1. The minimum atomic E-state index is -0.361.